The van der Waals surface area contributed by atoms with Crippen molar-refractivity contribution in [2.75, 3.05) is 13.1 Å². The summed E-state index contributed by atoms with van der Waals surface area (Å²) < 4.78 is 0. The van der Waals surface area contributed by atoms with E-state index in [9.17, 15) is 4.79 Å². The molecule has 0 aromatic rings. The summed E-state index contributed by atoms with van der Waals surface area (Å²) in [5.74, 6) is -0.961. The number of carboxylic acids is 1. The minimum Gasteiger partial charge on any atom is -0.477 e. The van der Waals surface area contributed by atoms with E-state index in [1.807, 2.05) is 11.8 Å². The fourth-order valence-corrected chi connectivity index (χ4v) is 0.801. The van der Waals surface area contributed by atoms with Crippen molar-refractivity contribution in [3.8, 4) is 0 Å². The van der Waals surface area contributed by atoms with Gasteiger partial charge in [-0.25, -0.2) is 9.79 Å². The lowest BCUT2D eigenvalue weighted by molar-refractivity contribution is -0.132. The molecule has 1 N–H and O–H groups in total. The first-order valence-electron chi connectivity index (χ1n) is 3.45. The molecule has 0 bridgehead atoms. The minimum absolute atomic E-state index is 0.134. The van der Waals surface area contributed by atoms with Crippen LogP contribution in [-0.4, -0.2) is 35.4 Å². The summed E-state index contributed by atoms with van der Waals surface area (Å²) in [5.41, 5.74) is 0.134. The van der Waals surface area contributed by atoms with Gasteiger partial charge in [0.2, 0.25) is 0 Å². The second kappa shape index (κ2) is 3.18. The van der Waals surface area contributed by atoms with Crippen molar-refractivity contribution in [2.24, 2.45) is 4.99 Å². The van der Waals surface area contributed by atoms with E-state index in [0.29, 0.717) is 6.54 Å². The molecule has 0 fully saturated rings. The molecule has 0 saturated heterocycles. The van der Waals surface area contributed by atoms with Gasteiger partial charge in [-0.2, -0.15) is 0 Å². The lowest BCUT2D eigenvalue weighted by Crippen LogP contribution is -2.25. The van der Waals surface area contributed by atoms with E-state index in [4.69, 9.17) is 5.11 Å². The number of aliphatic imine (C=N–C) groups is 1. The van der Waals surface area contributed by atoms with Crippen LogP contribution < -0.4 is 0 Å². The number of nitrogens with zero attached hydrogens (tertiary/aromatic N) is 2. The lowest BCUT2D eigenvalue weighted by atomic mass is 10.3. The Morgan fingerprint density at radius 3 is 3.00 bits per heavy atom. The number of hydrogen-bond acceptors (Lipinski definition) is 3. The summed E-state index contributed by atoms with van der Waals surface area (Å²) in [6, 6.07) is 0. The molecule has 1 aliphatic rings. The predicted molar refractivity (Wildman–Crippen MR) is 41.5 cm³/mol. The summed E-state index contributed by atoms with van der Waals surface area (Å²) in [4.78, 5) is 16.0. The van der Waals surface area contributed by atoms with E-state index < -0.39 is 5.97 Å². The summed E-state index contributed by atoms with van der Waals surface area (Å²) in [6.07, 6.45) is 3.16. The molecule has 0 aliphatic carbocycles. The fourth-order valence-electron chi connectivity index (χ4n) is 0.801. The Hall–Kier alpha value is -1.32. The van der Waals surface area contributed by atoms with Gasteiger partial charge < -0.3 is 10.0 Å². The summed E-state index contributed by atoms with van der Waals surface area (Å²) in [7, 11) is 0. The molecule has 0 atom stereocenters. The number of hydrogen-bond donors (Lipinski definition) is 1. The molecule has 4 nitrogen and oxygen atoms in total. The monoisotopic (exact) mass is 154 g/mol. The Kier molecular flexibility index (Phi) is 2.25. The molecule has 11 heavy (non-hydrogen) atoms. The van der Waals surface area contributed by atoms with Crippen molar-refractivity contribution in [1.29, 1.82) is 0 Å². The highest BCUT2D eigenvalue weighted by Gasteiger charge is 2.09. The summed E-state index contributed by atoms with van der Waals surface area (Å²) in [6.45, 7) is 3.49. The van der Waals surface area contributed by atoms with Gasteiger partial charge in [-0.3, -0.25) is 0 Å². The number of rotatable bonds is 2. The van der Waals surface area contributed by atoms with Crippen molar-refractivity contribution in [3.05, 3.63) is 11.8 Å². The first-order valence-corrected chi connectivity index (χ1v) is 3.45. The lowest BCUT2D eigenvalue weighted by Gasteiger charge is -2.17. The van der Waals surface area contributed by atoms with E-state index in [-0.39, 0.29) is 5.70 Å². The van der Waals surface area contributed by atoms with Crippen molar-refractivity contribution in [2.45, 2.75) is 6.92 Å². The van der Waals surface area contributed by atoms with Gasteiger partial charge in [0, 0.05) is 13.1 Å². The van der Waals surface area contributed by atoms with E-state index in [1.54, 1.807) is 12.4 Å². The van der Waals surface area contributed by atoms with Gasteiger partial charge in [0.15, 0.2) is 0 Å². The zero-order valence-electron chi connectivity index (χ0n) is 6.32. The third kappa shape index (κ3) is 1.80. The minimum atomic E-state index is -0.961. The van der Waals surface area contributed by atoms with Crippen LogP contribution in [0.1, 0.15) is 6.92 Å². The quantitative estimate of drug-likeness (QED) is 0.623. The summed E-state index contributed by atoms with van der Waals surface area (Å²) in [5, 5.41) is 8.50. The van der Waals surface area contributed by atoms with Gasteiger partial charge in [0.1, 0.15) is 5.70 Å². The molecule has 1 aliphatic heterocycles. The molecule has 60 valence electrons. The van der Waals surface area contributed by atoms with Crippen LogP contribution in [0.15, 0.2) is 16.8 Å². The van der Waals surface area contributed by atoms with Crippen molar-refractivity contribution in [1.82, 2.24) is 4.90 Å². The maximum absolute atomic E-state index is 10.3. The van der Waals surface area contributed by atoms with E-state index in [2.05, 4.69) is 4.99 Å². The Balaban J connectivity index is 2.60. The average molecular weight is 154 g/mol. The van der Waals surface area contributed by atoms with Gasteiger partial charge in [-0.1, -0.05) is 0 Å². The summed E-state index contributed by atoms with van der Waals surface area (Å²) >= 11 is 0. The third-order valence-corrected chi connectivity index (χ3v) is 1.50. The Morgan fingerprint density at radius 1 is 1.91 bits per heavy atom. The fraction of sp³-hybridized carbons (Fsp3) is 0.429. The van der Waals surface area contributed by atoms with E-state index in [1.165, 1.54) is 0 Å². The Labute approximate surface area is 64.8 Å². The molecule has 1 heterocycles. The molecular weight excluding hydrogens is 144 g/mol. The Morgan fingerprint density at radius 2 is 2.64 bits per heavy atom. The normalized spacial score (nSPS) is 16.5. The van der Waals surface area contributed by atoms with Crippen LogP contribution in [-0.2, 0) is 4.79 Å². The molecule has 4 heteroatoms. The number of likely N-dealkylation sites (N-methyl/N-ethyl adjacent to an activating group) is 1. The third-order valence-electron chi connectivity index (χ3n) is 1.50. The highest BCUT2D eigenvalue weighted by atomic mass is 16.4. The molecule has 0 saturated carbocycles. The van der Waals surface area contributed by atoms with Gasteiger partial charge >= 0.3 is 5.97 Å². The first-order chi connectivity index (χ1) is 5.24. The molecule has 0 spiro atoms. The molecule has 0 radical (unpaired) electrons. The zero-order valence-corrected chi connectivity index (χ0v) is 6.32. The molecule has 0 aromatic heterocycles. The van der Waals surface area contributed by atoms with E-state index in [0.717, 1.165) is 6.54 Å². The smallest absolute Gasteiger partial charge is 0.354 e. The van der Waals surface area contributed by atoms with Gasteiger partial charge in [-0.15, -0.1) is 0 Å². The second-order valence-corrected chi connectivity index (χ2v) is 2.23. The van der Waals surface area contributed by atoms with Crippen LogP contribution >= 0.6 is 0 Å². The number of carboxylic acid groups (broad SMARTS) is 1. The van der Waals surface area contributed by atoms with Crippen molar-refractivity contribution >= 4 is 12.3 Å². The van der Waals surface area contributed by atoms with Crippen LogP contribution in [0.25, 0.3) is 0 Å². The SMILES string of the molecule is CCN1C=NC(C(=O)O)=CC1. The average Bonchev–Trinajstić information content (AvgIpc) is 2.05. The van der Waals surface area contributed by atoms with Crippen LogP contribution in [0.3, 0.4) is 0 Å². The first kappa shape index (κ1) is 7.78. The van der Waals surface area contributed by atoms with Crippen LogP contribution in [0.2, 0.25) is 0 Å². The number of aliphatic carboxylic acids is 1. The maximum Gasteiger partial charge on any atom is 0.354 e. The molecule has 0 amide bonds. The largest absolute Gasteiger partial charge is 0.477 e. The molecule has 1 rings (SSSR count). The van der Waals surface area contributed by atoms with Crippen LogP contribution in [0.5, 0.6) is 0 Å². The van der Waals surface area contributed by atoms with Gasteiger partial charge in [0.05, 0.1) is 6.34 Å². The van der Waals surface area contributed by atoms with Crippen molar-refractivity contribution in [3.63, 3.8) is 0 Å². The standard InChI is InChI=1S/C7H10N2O2/c1-2-9-4-3-6(7(10)11)8-5-9/h3,5H,2,4H2,1H3,(H,10,11). The predicted octanol–water partition coefficient (Wildman–Crippen LogP) is 0.319. The Bertz CT molecular complexity index is 220. The van der Waals surface area contributed by atoms with Crippen LogP contribution in [0.4, 0.5) is 0 Å². The highest BCUT2D eigenvalue weighted by Crippen LogP contribution is 2.02. The van der Waals surface area contributed by atoms with Crippen molar-refractivity contribution < 1.29 is 9.90 Å². The second-order valence-electron chi connectivity index (χ2n) is 2.23. The number of carbonyl (C=O) groups is 1. The maximum atomic E-state index is 10.3. The van der Waals surface area contributed by atoms with Gasteiger partial charge in [0.25, 0.3) is 0 Å². The topological polar surface area (TPSA) is 52.9 Å². The van der Waals surface area contributed by atoms with E-state index >= 15 is 0 Å². The zero-order chi connectivity index (χ0) is 8.27. The highest BCUT2D eigenvalue weighted by molar-refractivity contribution is 5.88. The van der Waals surface area contributed by atoms with Crippen LogP contribution in [0, 0.1) is 0 Å². The molecule has 0 unspecified atom stereocenters. The molecule has 0 aromatic carbocycles. The van der Waals surface area contributed by atoms with Gasteiger partial charge in [-0.05, 0) is 13.0 Å². The molecular formula is C7H10N2O2.